The maximum atomic E-state index is 12.1. The van der Waals surface area contributed by atoms with Gasteiger partial charge in [0.2, 0.25) is 0 Å². The van der Waals surface area contributed by atoms with Crippen LogP contribution in [-0.2, 0) is 6.54 Å². The fourth-order valence-corrected chi connectivity index (χ4v) is 2.56. The number of aryl methyl sites for hydroxylation is 2. The first kappa shape index (κ1) is 13.5. The van der Waals surface area contributed by atoms with E-state index >= 15 is 0 Å². The minimum Gasteiger partial charge on any atom is -0.388 e. The molecule has 1 aromatic heterocycles. The first-order valence-electron chi connectivity index (χ1n) is 6.07. The van der Waals surface area contributed by atoms with Crippen molar-refractivity contribution in [2.45, 2.75) is 20.4 Å². The van der Waals surface area contributed by atoms with Crippen LogP contribution in [0.4, 0.5) is 5.69 Å². The topological polar surface area (TPSA) is 54.0 Å². The Morgan fingerprint density at radius 3 is 2.74 bits per heavy atom. The van der Waals surface area contributed by atoms with Crippen molar-refractivity contribution in [3.8, 4) is 0 Å². The maximum Gasteiger partial charge on any atom is 0.251 e. The van der Waals surface area contributed by atoms with E-state index in [0.717, 1.165) is 21.8 Å². The standard InChI is InChI=1S/C14H17N3OS/c1-9-6-11(4-5-12(9)15-3)14(18)16-7-13-10(2)17-8-19-13/h4-6,8,15H,7H2,1-3H3,(H,16,18). The lowest BCUT2D eigenvalue weighted by atomic mass is 10.1. The highest BCUT2D eigenvalue weighted by Gasteiger charge is 2.08. The van der Waals surface area contributed by atoms with Gasteiger partial charge < -0.3 is 10.6 Å². The van der Waals surface area contributed by atoms with Gasteiger partial charge in [-0.05, 0) is 37.6 Å². The number of rotatable bonds is 4. The van der Waals surface area contributed by atoms with Gasteiger partial charge in [-0.25, -0.2) is 4.98 Å². The zero-order valence-corrected chi connectivity index (χ0v) is 12.1. The summed E-state index contributed by atoms with van der Waals surface area (Å²) < 4.78 is 0. The quantitative estimate of drug-likeness (QED) is 0.902. The van der Waals surface area contributed by atoms with Gasteiger partial charge in [0.15, 0.2) is 0 Å². The van der Waals surface area contributed by atoms with E-state index in [-0.39, 0.29) is 5.91 Å². The van der Waals surface area contributed by atoms with E-state index in [1.807, 2.05) is 39.1 Å². The van der Waals surface area contributed by atoms with Gasteiger partial charge in [-0.15, -0.1) is 11.3 Å². The third-order valence-electron chi connectivity index (χ3n) is 3.01. The Morgan fingerprint density at radius 2 is 2.16 bits per heavy atom. The fourth-order valence-electron chi connectivity index (χ4n) is 1.84. The number of amides is 1. The minimum absolute atomic E-state index is 0.0569. The summed E-state index contributed by atoms with van der Waals surface area (Å²) in [5.74, 6) is -0.0569. The van der Waals surface area contributed by atoms with Crippen LogP contribution in [0.2, 0.25) is 0 Å². The summed E-state index contributed by atoms with van der Waals surface area (Å²) >= 11 is 1.56. The molecular weight excluding hydrogens is 258 g/mol. The summed E-state index contributed by atoms with van der Waals surface area (Å²) in [4.78, 5) is 17.3. The number of nitrogens with zero attached hydrogens (tertiary/aromatic N) is 1. The molecule has 0 aliphatic rings. The molecule has 5 heteroatoms. The van der Waals surface area contributed by atoms with Crippen molar-refractivity contribution in [3.05, 3.63) is 45.4 Å². The molecule has 19 heavy (non-hydrogen) atoms. The number of carbonyl (C=O) groups is 1. The molecule has 2 aromatic rings. The van der Waals surface area contributed by atoms with Crippen molar-refractivity contribution in [2.75, 3.05) is 12.4 Å². The molecule has 0 spiro atoms. The van der Waals surface area contributed by atoms with E-state index in [9.17, 15) is 4.79 Å². The molecule has 1 heterocycles. The van der Waals surface area contributed by atoms with Gasteiger partial charge in [0, 0.05) is 23.2 Å². The van der Waals surface area contributed by atoms with Crippen LogP contribution in [0.15, 0.2) is 23.7 Å². The van der Waals surface area contributed by atoms with Gasteiger partial charge in [0.25, 0.3) is 5.91 Å². The van der Waals surface area contributed by atoms with E-state index < -0.39 is 0 Å². The lowest BCUT2D eigenvalue weighted by Gasteiger charge is -2.08. The zero-order chi connectivity index (χ0) is 13.8. The van der Waals surface area contributed by atoms with Crippen molar-refractivity contribution in [3.63, 3.8) is 0 Å². The SMILES string of the molecule is CNc1ccc(C(=O)NCc2scnc2C)cc1C. The number of carbonyl (C=O) groups excluding carboxylic acids is 1. The number of nitrogens with one attached hydrogen (secondary N) is 2. The summed E-state index contributed by atoms with van der Waals surface area (Å²) in [7, 11) is 1.87. The average Bonchev–Trinajstić information content (AvgIpc) is 2.81. The molecule has 100 valence electrons. The fraction of sp³-hybridized carbons (Fsp3) is 0.286. The molecule has 0 bridgehead atoms. The van der Waals surface area contributed by atoms with E-state index in [1.165, 1.54) is 0 Å². The molecule has 0 fully saturated rings. The number of anilines is 1. The Bertz CT molecular complexity index is 592. The second kappa shape index (κ2) is 5.84. The molecular formula is C14H17N3OS. The van der Waals surface area contributed by atoms with Crippen molar-refractivity contribution in [1.29, 1.82) is 0 Å². The van der Waals surface area contributed by atoms with Crippen LogP contribution in [-0.4, -0.2) is 17.9 Å². The number of benzene rings is 1. The van der Waals surface area contributed by atoms with Crippen LogP contribution >= 0.6 is 11.3 Å². The van der Waals surface area contributed by atoms with Gasteiger partial charge in [0.05, 0.1) is 17.7 Å². The van der Waals surface area contributed by atoms with Gasteiger partial charge in [-0.2, -0.15) is 0 Å². The van der Waals surface area contributed by atoms with Crippen LogP contribution in [0.1, 0.15) is 26.5 Å². The molecule has 0 aliphatic heterocycles. The highest BCUT2D eigenvalue weighted by molar-refractivity contribution is 7.09. The summed E-state index contributed by atoms with van der Waals surface area (Å²) in [6.07, 6.45) is 0. The van der Waals surface area contributed by atoms with Crippen LogP contribution in [0.25, 0.3) is 0 Å². The highest BCUT2D eigenvalue weighted by Crippen LogP contribution is 2.16. The molecule has 1 amide bonds. The van der Waals surface area contributed by atoms with E-state index in [0.29, 0.717) is 12.1 Å². The summed E-state index contributed by atoms with van der Waals surface area (Å²) in [5.41, 5.74) is 5.55. The second-order valence-electron chi connectivity index (χ2n) is 4.32. The Morgan fingerprint density at radius 1 is 1.37 bits per heavy atom. The molecule has 0 radical (unpaired) electrons. The lowest BCUT2D eigenvalue weighted by Crippen LogP contribution is -2.22. The summed E-state index contributed by atoms with van der Waals surface area (Å²) in [6, 6.07) is 5.64. The molecule has 0 saturated carbocycles. The van der Waals surface area contributed by atoms with Crippen LogP contribution < -0.4 is 10.6 Å². The van der Waals surface area contributed by atoms with Crippen molar-refractivity contribution in [2.24, 2.45) is 0 Å². The number of hydrogen-bond acceptors (Lipinski definition) is 4. The monoisotopic (exact) mass is 275 g/mol. The molecule has 4 nitrogen and oxygen atoms in total. The molecule has 2 rings (SSSR count). The van der Waals surface area contributed by atoms with Crippen molar-refractivity contribution >= 4 is 22.9 Å². The molecule has 2 N–H and O–H groups in total. The van der Waals surface area contributed by atoms with E-state index in [1.54, 1.807) is 16.8 Å². The number of aromatic nitrogens is 1. The third-order valence-corrected chi connectivity index (χ3v) is 3.95. The summed E-state index contributed by atoms with van der Waals surface area (Å²) in [5, 5.41) is 6.00. The Labute approximate surface area is 116 Å². The molecule has 0 saturated heterocycles. The predicted molar refractivity (Wildman–Crippen MR) is 78.7 cm³/mol. The van der Waals surface area contributed by atoms with Gasteiger partial charge in [-0.3, -0.25) is 4.79 Å². The van der Waals surface area contributed by atoms with Crippen LogP contribution in [0, 0.1) is 13.8 Å². The first-order valence-corrected chi connectivity index (χ1v) is 6.95. The highest BCUT2D eigenvalue weighted by atomic mass is 32.1. The Hall–Kier alpha value is -1.88. The van der Waals surface area contributed by atoms with Gasteiger partial charge >= 0.3 is 0 Å². The van der Waals surface area contributed by atoms with Gasteiger partial charge in [-0.1, -0.05) is 0 Å². The Balaban J connectivity index is 2.04. The zero-order valence-electron chi connectivity index (χ0n) is 11.3. The third kappa shape index (κ3) is 3.12. The predicted octanol–water partition coefficient (Wildman–Crippen LogP) is 2.73. The first-order chi connectivity index (χ1) is 9.11. The molecule has 0 aliphatic carbocycles. The Kier molecular flexibility index (Phi) is 4.16. The molecule has 0 atom stereocenters. The van der Waals surface area contributed by atoms with Gasteiger partial charge in [0.1, 0.15) is 0 Å². The van der Waals surface area contributed by atoms with Crippen LogP contribution in [0.3, 0.4) is 0 Å². The lowest BCUT2D eigenvalue weighted by molar-refractivity contribution is 0.0951. The van der Waals surface area contributed by atoms with E-state index in [4.69, 9.17) is 0 Å². The van der Waals surface area contributed by atoms with Crippen LogP contribution in [0.5, 0.6) is 0 Å². The second-order valence-corrected chi connectivity index (χ2v) is 5.26. The molecule has 0 unspecified atom stereocenters. The average molecular weight is 275 g/mol. The van der Waals surface area contributed by atoms with E-state index in [2.05, 4.69) is 15.6 Å². The number of thiazole rings is 1. The maximum absolute atomic E-state index is 12.1. The molecule has 1 aromatic carbocycles. The van der Waals surface area contributed by atoms with Crippen molar-refractivity contribution in [1.82, 2.24) is 10.3 Å². The summed E-state index contributed by atoms with van der Waals surface area (Å²) in [6.45, 7) is 4.46. The minimum atomic E-state index is -0.0569. The van der Waals surface area contributed by atoms with Crippen molar-refractivity contribution < 1.29 is 4.79 Å². The number of hydrogen-bond donors (Lipinski definition) is 2. The smallest absolute Gasteiger partial charge is 0.251 e. The largest absolute Gasteiger partial charge is 0.388 e. The normalized spacial score (nSPS) is 10.3.